The van der Waals surface area contributed by atoms with Gasteiger partial charge in [0.2, 0.25) is 0 Å². The Hall–Kier alpha value is -3.06. The van der Waals surface area contributed by atoms with E-state index in [2.05, 4.69) is 10.4 Å². The van der Waals surface area contributed by atoms with Gasteiger partial charge in [0.15, 0.2) is 0 Å². The zero-order valence-electron chi connectivity index (χ0n) is 14.1. The molecule has 0 unspecified atom stereocenters. The highest BCUT2D eigenvalue weighted by Crippen LogP contribution is 2.30. The van der Waals surface area contributed by atoms with Crippen molar-refractivity contribution in [3.63, 3.8) is 0 Å². The molecule has 0 bridgehead atoms. The number of hydrogen-bond acceptors (Lipinski definition) is 5. The van der Waals surface area contributed by atoms with Crippen LogP contribution in [0.4, 0.5) is 4.79 Å². The molecule has 1 aliphatic heterocycles. The quantitative estimate of drug-likeness (QED) is 0.636. The molecule has 1 heterocycles. The molecule has 1 saturated heterocycles. The number of hydrazone groups is 1. The SMILES string of the molecule is COc1ccc([C@]2(C)NC(=O)N(/N=C/c3cc(Cl)ccc3O)C2=O)cc1. The molecule has 1 aliphatic rings. The molecule has 2 aromatic carbocycles. The van der Waals surface area contributed by atoms with Crippen molar-refractivity contribution in [2.75, 3.05) is 7.11 Å². The van der Waals surface area contributed by atoms with E-state index in [-0.39, 0.29) is 11.3 Å². The molecule has 0 aromatic heterocycles. The summed E-state index contributed by atoms with van der Waals surface area (Å²) in [5, 5.41) is 17.5. The third kappa shape index (κ3) is 3.09. The molecule has 2 aromatic rings. The Kier molecular flexibility index (Phi) is 4.56. The van der Waals surface area contributed by atoms with Gasteiger partial charge in [-0.3, -0.25) is 4.79 Å². The molecule has 7 nitrogen and oxygen atoms in total. The lowest BCUT2D eigenvalue weighted by Gasteiger charge is -2.21. The van der Waals surface area contributed by atoms with Crippen molar-refractivity contribution in [3.8, 4) is 11.5 Å². The maximum atomic E-state index is 12.8. The van der Waals surface area contributed by atoms with Crippen molar-refractivity contribution < 1.29 is 19.4 Å². The van der Waals surface area contributed by atoms with E-state index in [1.165, 1.54) is 24.4 Å². The Morgan fingerprint density at radius 2 is 1.92 bits per heavy atom. The third-order valence-electron chi connectivity index (χ3n) is 4.14. The maximum absolute atomic E-state index is 12.8. The summed E-state index contributed by atoms with van der Waals surface area (Å²) in [6.07, 6.45) is 1.21. The van der Waals surface area contributed by atoms with E-state index in [0.717, 1.165) is 5.01 Å². The number of phenols is 1. The number of rotatable bonds is 4. The Morgan fingerprint density at radius 3 is 2.58 bits per heavy atom. The van der Waals surface area contributed by atoms with Gasteiger partial charge in [-0.1, -0.05) is 23.7 Å². The number of imide groups is 1. The first-order chi connectivity index (χ1) is 12.3. The van der Waals surface area contributed by atoms with Crippen LogP contribution in [0.1, 0.15) is 18.1 Å². The minimum absolute atomic E-state index is 0.0666. The first-order valence-corrected chi connectivity index (χ1v) is 8.06. The van der Waals surface area contributed by atoms with E-state index in [0.29, 0.717) is 16.3 Å². The number of phenolic OH excluding ortho intramolecular Hbond substituents is 1. The minimum atomic E-state index is -1.25. The fourth-order valence-corrected chi connectivity index (χ4v) is 2.78. The minimum Gasteiger partial charge on any atom is -0.507 e. The number of halogens is 1. The van der Waals surface area contributed by atoms with Crippen LogP contribution in [0, 0.1) is 0 Å². The fraction of sp³-hybridized carbons (Fsp3) is 0.167. The van der Waals surface area contributed by atoms with E-state index in [4.69, 9.17) is 16.3 Å². The molecule has 3 amide bonds. The van der Waals surface area contributed by atoms with Crippen molar-refractivity contribution in [1.82, 2.24) is 10.3 Å². The number of nitrogens with zero attached hydrogens (tertiary/aromatic N) is 2. The molecule has 134 valence electrons. The summed E-state index contributed by atoms with van der Waals surface area (Å²) >= 11 is 5.88. The zero-order chi connectivity index (χ0) is 18.9. The van der Waals surface area contributed by atoms with E-state index in [1.807, 2.05) is 0 Å². The van der Waals surface area contributed by atoms with Crippen molar-refractivity contribution in [3.05, 3.63) is 58.6 Å². The second-order valence-electron chi connectivity index (χ2n) is 5.85. The fourth-order valence-electron chi connectivity index (χ4n) is 2.60. The Bertz CT molecular complexity index is 898. The van der Waals surface area contributed by atoms with Crippen LogP contribution < -0.4 is 10.1 Å². The topological polar surface area (TPSA) is 91.2 Å². The molecule has 0 aliphatic carbocycles. The van der Waals surface area contributed by atoms with Gasteiger partial charge in [-0.05, 0) is 42.8 Å². The molecule has 0 saturated carbocycles. The number of methoxy groups -OCH3 is 1. The predicted molar refractivity (Wildman–Crippen MR) is 96.4 cm³/mol. The van der Waals surface area contributed by atoms with Gasteiger partial charge in [0.1, 0.15) is 17.0 Å². The summed E-state index contributed by atoms with van der Waals surface area (Å²) in [5.41, 5.74) is -0.368. The normalized spacial score (nSPS) is 19.9. The standard InChI is InChI=1S/C18H16ClN3O4/c1-18(12-3-6-14(26-2)7-4-12)16(24)22(17(25)21-18)20-10-11-9-13(19)5-8-15(11)23/h3-10,23H,1-2H3,(H,21,25)/b20-10+/t18-/m0/s1. The molecule has 3 rings (SSSR count). The van der Waals surface area contributed by atoms with E-state index in [9.17, 15) is 14.7 Å². The van der Waals surface area contributed by atoms with Crippen LogP contribution in [0.15, 0.2) is 47.6 Å². The number of carbonyl (C=O) groups is 2. The highest BCUT2D eigenvalue weighted by Gasteiger charge is 2.49. The number of aromatic hydroxyl groups is 1. The number of ether oxygens (including phenoxy) is 1. The first-order valence-electron chi connectivity index (χ1n) is 7.69. The van der Waals surface area contributed by atoms with Crippen molar-refractivity contribution in [1.29, 1.82) is 0 Å². The molecular weight excluding hydrogens is 358 g/mol. The van der Waals surface area contributed by atoms with Gasteiger partial charge in [0.25, 0.3) is 5.91 Å². The van der Waals surface area contributed by atoms with Crippen molar-refractivity contribution in [2.24, 2.45) is 5.10 Å². The number of amides is 3. The number of benzene rings is 2. The summed E-state index contributed by atoms with van der Waals surface area (Å²) in [6, 6.07) is 10.5. The van der Waals surface area contributed by atoms with Crippen LogP contribution in [0.25, 0.3) is 0 Å². The summed E-state index contributed by atoms with van der Waals surface area (Å²) in [6.45, 7) is 1.60. The molecule has 1 atom stereocenters. The van der Waals surface area contributed by atoms with E-state index >= 15 is 0 Å². The Morgan fingerprint density at radius 1 is 1.23 bits per heavy atom. The van der Waals surface area contributed by atoms with E-state index < -0.39 is 17.5 Å². The van der Waals surface area contributed by atoms with Gasteiger partial charge in [0, 0.05) is 10.6 Å². The lowest BCUT2D eigenvalue weighted by atomic mass is 9.92. The van der Waals surface area contributed by atoms with Crippen molar-refractivity contribution in [2.45, 2.75) is 12.5 Å². The van der Waals surface area contributed by atoms with Crippen LogP contribution in [-0.2, 0) is 10.3 Å². The van der Waals surface area contributed by atoms with Crippen LogP contribution >= 0.6 is 11.6 Å². The number of urea groups is 1. The van der Waals surface area contributed by atoms with Crippen LogP contribution in [0.3, 0.4) is 0 Å². The number of carbonyl (C=O) groups excluding carboxylic acids is 2. The van der Waals surface area contributed by atoms with Gasteiger partial charge >= 0.3 is 6.03 Å². The summed E-state index contributed by atoms with van der Waals surface area (Å²) < 4.78 is 5.10. The Labute approximate surface area is 154 Å². The third-order valence-corrected chi connectivity index (χ3v) is 4.37. The van der Waals surface area contributed by atoms with Gasteiger partial charge in [-0.25, -0.2) is 4.79 Å². The summed E-state index contributed by atoms with van der Waals surface area (Å²) in [4.78, 5) is 25.0. The van der Waals surface area contributed by atoms with Crippen LogP contribution in [0.2, 0.25) is 5.02 Å². The van der Waals surface area contributed by atoms with Gasteiger partial charge < -0.3 is 15.2 Å². The lowest BCUT2D eigenvalue weighted by Crippen LogP contribution is -2.40. The van der Waals surface area contributed by atoms with Gasteiger partial charge in [-0.15, -0.1) is 5.01 Å². The molecular formula is C18H16ClN3O4. The average molecular weight is 374 g/mol. The van der Waals surface area contributed by atoms with E-state index in [1.54, 1.807) is 38.3 Å². The highest BCUT2D eigenvalue weighted by atomic mass is 35.5. The maximum Gasteiger partial charge on any atom is 0.346 e. The van der Waals surface area contributed by atoms with Crippen molar-refractivity contribution >= 4 is 29.8 Å². The van der Waals surface area contributed by atoms with Gasteiger partial charge in [-0.2, -0.15) is 5.10 Å². The molecule has 26 heavy (non-hydrogen) atoms. The predicted octanol–water partition coefficient (Wildman–Crippen LogP) is 2.86. The smallest absolute Gasteiger partial charge is 0.346 e. The highest BCUT2D eigenvalue weighted by molar-refractivity contribution is 6.30. The molecule has 8 heteroatoms. The summed E-state index contributed by atoms with van der Waals surface area (Å²) in [5.74, 6) is 0.0361. The number of hydrogen-bond donors (Lipinski definition) is 2. The lowest BCUT2D eigenvalue weighted by molar-refractivity contribution is -0.131. The van der Waals surface area contributed by atoms with Crippen LogP contribution in [0.5, 0.6) is 11.5 Å². The Balaban J connectivity index is 1.88. The second-order valence-corrected chi connectivity index (χ2v) is 6.28. The second kappa shape index (κ2) is 6.68. The van der Waals surface area contributed by atoms with Gasteiger partial charge in [0.05, 0.1) is 13.3 Å². The first kappa shape index (κ1) is 17.8. The average Bonchev–Trinajstić information content (AvgIpc) is 2.86. The zero-order valence-corrected chi connectivity index (χ0v) is 14.8. The number of nitrogens with one attached hydrogen (secondary N) is 1. The largest absolute Gasteiger partial charge is 0.507 e. The molecule has 2 N–H and O–H groups in total. The van der Waals surface area contributed by atoms with Crippen LogP contribution in [-0.4, -0.2) is 35.4 Å². The molecule has 0 radical (unpaired) electrons. The monoisotopic (exact) mass is 373 g/mol. The summed E-state index contributed by atoms with van der Waals surface area (Å²) in [7, 11) is 1.54. The molecule has 1 fully saturated rings. The molecule has 0 spiro atoms.